The lowest BCUT2D eigenvalue weighted by Crippen LogP contribution is -2.06. The number of methoxy groups -OCH3 is 1. The predicted molar refractivity (Wildman–Crippen MR) is 75.3 cm³/mol. The van der Waals surface area contributed by atoms with Crippen molar-refractivity contribution in [3.63, 3.8) is 0 Å². The van der Waals surface area contributed by atoms with Crippen LogP contribution in [-0.4, -0.2) is 12.2 Å². The third kappa shape index (κ3) is 3.03. The molecule has 1 N–H and O–H groups in total. The second-order valence-corrected chi connectivity index (χ2v) is 5.03. The molecule has 0 aromatic heterocycles. The lowest BCUT2D eigenvalue weighted by Gasteiger charge is -2.16. The summed E-state index contributed by atoms with van der Waals surface area (Å²) in [5.74, 6) is -0.442. The van der Waals surface area contributed by atoms with E-state index < -0.39 is 11.9 Å². The van der Waals surface area contributed by atoms with Crippen molar-refractivity contribution in [2.24, 2.45) is 0 Å². The average Bonchev–Trinajstić information content (AvgIpc) is 2.42. The van der Waals surface area contributed by atoms with Crippen LogP contribution in [0.4, 0.5) is 4.39 Å². The predicted octanol–water partition coefficient (Wildman–Crippen LogP) is 3.82. The first kappa shape index (κ1) is 14.2. The SMILES string of the molecule is COCc1ccccc1C(O)c1cccc(Br)c1F. The van der Waals surface area contributed by atoms with Gasteiger partial charge in [0.15, 0.2) is 0 Å². The molecule has 2 aromatic carbocycles. The average molecular weight is 325 g/mol. The Hall–Kier alpha value is -1.23. The molecule has 1 unspecified atom stereocenters. The fraction of sp³-hybridized carbons (Fsp3) is 0.200. The zero-order valence-corrected chi connectivity index (χ0v) is 12.0. The summed E-state index contributed by atoms with van der Waals surface area (Å²) in [7, 11) is 1.59. The number of hydrogen-bond acceptors (Lipinski definition) is 2. The Morgan fingerprint density at radius 1 is 1.16 bits per heavy atom. The quantitative estimate of drug-likeness (QED) is 0.926. The maximum atomic E-state index is 14.0. The Morgan fingerprint density at radius 3 is 2.58 bits per heavy atom. The van der Waals surface area contributed by atoms with E-state index in [1.807, 2.05) is 18.2 Å². The van der Waals surface area contributed by atoms with Crippen LogP contribution in [0.15, 0.2) is 46.9 Å². The molecular formula is C15H14BrFO2. The van der Waals surface area contributed by atoms with Crippen LogP contribution >= 0.6 is 15.9 Å². The molecule has 2 nitrogen and oxygen atoms in total. The van der Waals surface area contributed by atoms with E-state index in [1.54, 1.807) is 31.4 Å². The number of aliphatic hydroxyl groups excluding tert-OH is 1. The van der Waals surface area contributed by atoms with Gasteiger partial charge in [-0.1, -0.05) is 36.4 Å². The Morgan fingerprint density at radius 2 is 1.84 bits per heavy atom. The van der Waals surface area contributed by atoms with Crippen LogP contribution in [0.1, 0.15) is 22.8 Å². The number of hydrogen-bond donors (Lipinski definition) is 1. The Balaban J connectivity index is 2.44. The molecule has 0 aliphatic rings. The maximum Gasteiger partial charge on any atom is 0.143 e. The Kier molecular flexibility index (Phi) is 4.69. The summed E-state index contributed by atoms with van der Waals surface area (Å²) >= 11 is 3.13. The summed E-state index contributed by atoms with van der Waals surface area (Å²) in [5.41, 5.74) is 1.75. The summed E-state index contributed by atoms with van der Waals surface area (Å²) in [4.78, 5) is 0. The minimum atomic E-state index is -1.01. The molecule has 0 spiro atoms. The molecule has 100 valence electrons. The zero-order valence-electron chi connectivity index (χ0n) is 10.4. The fourth-order valence-corrected chi connectivity index (χ4v) is 2.37. The molecule has 1 atom stereocenters. The van der Waals surface area contributed by atoms with E-state index >= 15 is 0 Å². The molecule has 0 heterocycles. The van der Waals surface area contributed by atoms with E-state index in [9.17, 15) is 9.50 Å². The molecule has 19 heavy (non-hydrogen) atoms. The lowest BCUT2D eigenvalue weighted by atomic mass is 9.97. The van der Waals surface area contributed by atoms with Crippen molar-refractivity contribution in [2.45, 2.75) is 12.7 Å². The van der Waals surface area contributed by atoms with Crippen LogP contribution in [0, 0.1) is 5.82 Å². The largest absolute Gasteiger partial charge is 0.384 e. The van der Waals surface area contributed by atoms with Gasteiger partial charge in [-0.05, 0) is 33.1 Å². The van der Waals surface area contributed by atoms with Gasteiger partial charge in [-0.3, -0.25) is 0 Å². The van der Waals surface area contributed by atoms with Crippen LogP contribution in [0.2, 0.25) is 0 Å². The molecule has 0 saturated carbocycles. The molecule has 0 aliphatic carbocycles. The highest BCUT2D eigenvalue weighted by atomic mass is 79.9. The first-order valence-electron chi connectivity index (χ1n) is 5.84. The maximum absolute atomic E-state index is 14.0. The van der Waals surface area contributed by atoms with Crippen molar-refractivity contribution in [3.05, 3.63) is 69.4 Å². The van der Waals surface area contributed by atoms with Gasteiger partial charge in [-0.2, -0.15) is 0 Å². The van der Waals surface area contributed by atoms with Crippen LogP contribution < -0.4 is 0 Å². The highest BCUT2D eigenvalue weighted by Crippen LogP contribution is 2.30. The molecule has 0 radical (unpaired) electrons. The second kappa shape index (κ2) is 6.28. The lowest BCUT2D eigenvalue weighted by molar-refractivity contribution is 0.175. The molecule has 0 amide bonds. The molecule has 0 bridgehead atoms. The van der Waals surface area contributed by atoms with E-state index in [4.69, 9.17) is 4.74 Å². The van der Waals surface area contributed by atoms with E-state index in [0.717, 1.165) is 5.56 Å². The number of aliphatic hydroxyl groups is 1. The van der Waals surface area contributed by atoms with Gasteiger partial charge in [0, 0.05) is 12.7 Å². The minimum Gasteiger partial charge on any atom is -0.384 e. The molecule has 4 heteroatoms. The third-order valence-corrected chi connectivity index (χ3v) is 3.54. The monoisotopic (exact) mass is 324 g/mol. The molecule has 2 aromatic rings. The summed E-state index contributed by atoms with van der Waals surface area (Å²) < 4.78 is 19.5. The molecular weight excluding hydrogens is 311 g/mol. The molecule has 0 saturated heterocycles. The number of benzene rings is 2. The minimum absolute atomic E-state index is 0.248. The summed E-state index contributed by atoms with van der Waals surface area (Å²) in [6.07, 6.45) is -1.01. The van der Waals surface area contributed by atoms with Crippen LogP contribution in [0.5, 0.6) is 0 Å². The van der Waals surface area contributed by atoms with Gasteiger partial charge in [-0.25, -0.2) is 4.39 Å². The van der Waals surface area contributed by atoms with Crippen LogP contribution in [0.3, 0.4) is 0 Å². The van der Waals surface area contributed by atoms with Crippen molar-refractivity contribution in [3.8, 4) is 0 Å². The van der Waals surface area contributed by atoms with Crippen LogP contribution in [-0.2, 0) is 11.3 Å². The summed E-state index contributed by atoms with van der Waals surface area (Å²) in [6.45, 7) is 0.378. The van der Waals surface area contributed by atoms with Gasteiger partial charge in [0.1, 0.15) is 11.9 Å². The molecule has 0 aliphatic heterocycles. The normalized spacial score (nSPS) is 12.4. The first-order valence-corrected chi connectivity index (χ1v) is 6.63. The summed E-state index contributed by atoms with van der Waals surface area (Å²) in [6, 6.07) is 12.2. The van der Waals surface area contributed by atoms with Gasteiger partial charge >= 0.3 is 0 Å². The van der Waals surface area contributed by atoms with Crippen molar-refractivity contribution in [1.82, 2.24) is 0 Å². The zero-order chi connectivity index (χ0) is 13.8. The highest BCUT2D eigenvalue weighted by molar-refractivity contribution is 9.10. The van der Waals surface area contributed by atoms with E-state index in [1.165, 1.54) is 0 Å². The fourth-order valence-electron chi connectivity index (χ4n) is 1.99. The Labute approximate surface area is 120 Å². The Bertz CT molecular complexity index is 572. The topological polar surface area (TPSA) is 29.5 Å². The van der Waals surface area contributed by atoms with Gasteiger partial charge in [0.05, 0.1) is 11.1 Å². The van der Waals surface area contributed by atoms with Gasteiger partial charge < -0.3 is 9.84 Å². The molecule has 0 fully saturated rings. The van der Waals surface area contributed by atoms with Crippen molar-refractivity contribution in [2.75, 3.05) is 7.11 Å². The van der Waals surface area contributed by atoms with Gasteiger partial charge in [0.25, 0.3) is 0 Å². The van der Waals surface area contributed by atoms with E-state index in [-0.39, 0.29) is 5.56 Å². The van der Waals surface area contributed by atoms with E-state index in [2.05, 4.69) is 15.9 Å². The highest BCUT2D eigenvalue weighted by Gasteiger charge is 2.18. The third-order valence-electron chi connectivity index (χ3n) is 2.93. The van der Waals surface area contributed by atoms with Gasteiger partial charge in [0.2, 0.25) is 0 Å². The van der Waals surface area contributed by atoms with Crippen molar-refractivity contribution < 1.29 is 14.2 Å². The number of halogens is 2. The molecule has 2 rings (SSSR count). The smallest absolute Gasteiger partial charge is 0.143 e. The summed E-state index contributed by atoms with van der Waals surface area (Å²) in [5, 5.41) is 10.4. The standard InChI is InChI=1S/C15H14BrFO2/c1-19-9-10-5-2-3-6-11(10)15(18)12-7-4-8-13(16)14(12)17/h2-8,15,18H,9H2,1H3. The first-order chi connectivity index (χ1) is 9.15. The van der Waals surface area contributed by atoms with Crippen LogP contribution in [0.25, 0.3) is 0 Å². The van der Waals surface area contributed by atoms with E-state index in [0.29, 0.717) is 16.6 Å². The van der Waals surface area contributed by atoms with Gasteiger partial charge in [-0.15, -0.1) is 0 Å². The second-order valence-electron chi connectivity index (χ2n) is 4.18. The number of ether oxygens (including phenoxy) is 1. The van der Waals surface area contributed by atoms with Crippen molar-refractivity contribution in [1.29, 1.82) is 0 Å². The van der Waals surface area contributed by atoms with Crippen molar-refractivity contribution >= 4 is 15.9 Å². The number of rotatable bonds is 4.